The summed E-state index contributed by atoms with van der Waals surface area (Å²) in [4.78, 5) is 38.2. The lowest BCUT2D eigenvalue weighted by Crippen LogP contribution is -2.30. The molecule has 0 N–H and O–H groups in total. The molecule has 76 heavy (non-hydrogen) atoms. The largest absolute Gasteiger partial charge is 0.462 e. The van der Waals surface area contributed by atoms with Gasteiger partial charge in [0.15, 0.2) is 6.10 Å². The van der Waals surface area contributed by atoms with Crippen LogP contribution in [0.1, 0.15) is 284 Å². The molecule has 1 atom stereocenters. The molecule has 0 saturated carbocycles. The fraction of sp³-hybridized carbons (Fsp3) is 0.671. The molecule has 6 nitrogen and oxygen atoms in total. The number of hydrogen-bond acceptors (Lipinski definition) is 6. The van der Waals surface area contributed by atoms with E-state index in [2.05, 4.69) is 142 Å². The molecule has 0 amide bonds. The Hall–Kier alpha value is -4.19. The molecule has 0 radical (unpaired) electrons. The van der Waals surface area contributed by atoms with Crippen LogP contribution >= 0.6 is 0 Å². The third kappa shape index (κ3) is 60.7. The topological polar surface area (TPSA) is 78.9 Å². The van der Waals surface area contributed by atoms with E-state index < -0.39 is 6.10 Å². The van der Waals surface area contributed by atoms with Crippen LogP contribution in [0, 0.1) is 0 Å². The summed E-state index contributed by atoms with van der Waals surface area (Å²) in [5, 5.41) is 0. The average Bonchev–Trinajstić information content (AvgIpc) is 3.42. The third-order valence-corrected chi connectivity index (χ3v) is 13.2. The molecular weight excluding hydrogens is 937 g/mol. The van der Waals surface area contributed by atoms with Gasteiger partial charge in [-0.15, -0.1) is 0 Å². The van der Waals surface area contributed by atoms with Crippen molar-refractivity contribution in [1.29, 1.82) is 0 Å². The summed E-state index contributed by atoms with van der Waals surface area (Å²) in [5.41, 5.74) is 0. The average molecular weight is 1050 g/mol. The number of carbonyl (C=O) groups excluding carboxylic acids is 3. The molecule has 432 valence electrons. The van der Waals surface area contributed by atoms with Gasteiger partial charge in [-0.1, -0.05) is 277 Å². The second kappa shape index (κ2) is 63.3. The predicted molar refractivity (Wildman–Crippen MR) is 330 cm³/mol. The maximum Gasteiger partial charge on any atom is 0.306 e. The van der Waals surface area contributed by atoms with Gasteiger partial charge >= 0.3 is 17.9 Å². The summed E-state index contributed by atoms with van der Waals surface area (Å²) in [6, 6.07) is 0. The molecule has 0 aliphatic carbocycles. The van der Waals surface area contributed by atoms with Crippen molar-refractivity contribution in [2.24, 2.45) is 0 Å². The fourth-order valence-corrected chi connectivity index (χ4v) is 8.50. The van der Waals surface area contributed by atoms with Gasteiger partial charge < -0.3 is 14.2 Å². The number of esters is 3. The summed E-state index contributed by atoms with van der Waals surface area (Å²) in [6.07, 6.45) is 87.8. The van der Waals surface area contributed by atoms with E-state index in [1.165, 1.54) is 122 Å². The number of rotatable bonds is 56. The number of carbonyl (C=O) groups is 3. The van der Waals surface area contributed by atoms with Gasteiger partial charge in [0.1, 0.15) is 13.2 Å². The van der Waals surface area contributed by atoms with Crippen LogP contribution in [-0.4, -0.2) is 37.2 Å². The zero-order chi connectivity index (χ0) is 55.0. The molecule has 0 aliphatic rings. The first-order valence-electron chi connectivity index (χ1n) is 31.5. The van der Waals surface area contributed by atoms with Gasteiger partial charge in [-0.05, 0) is 109 Å². The quantitative estimate of drug-likeness (QED) is 0.0261. The van der Waals surface area contributed by atoms with E-state index in [4.69, 9.17) is 14.2 Å². The lowest BCUT2D eigenvalue weighted by atomic mass is 10.0. The van der Waals surface area contributed by atoms with Crippen LogP contribution in [-0.2, 0) is 28.6 Å². The van der Waals surface area contributed by atoms with Crippen molar-refractivity contribution in [3.8, 4) is 0 Å². The number of unbranched alkanes of at least 4 members (excludes halogenated alkanes) is 25. The molecule has 0 heterocycles. The Morgan fingerprint density at radius 1 is 0.276 bits per heavy atom. The van der Waals surface area contributed by atoms with Gasteiger partial charge in [-0.25, -0.2) is 0 Å². The van der Waals surface area contributed by atoms with Crippen LogP contribution in [0.3, 0.4) is 0 Å². The zero-order valence-electron chi connectivity index (χ0n) is 49.5. The SMILES string of the molecule is CC/C=C\C/C=C\C/C=C\C/C=C\C/C=C\C/C=C\C/C=C\C/C=C\C/C=C\CCCC(=O)OCC(COC(=O)CCCCCCCCCCCCCCCC)OC(=O)CCCCCCC/C=C\CCCCCCCC. The molecule has 0 fully saturated rings. The minimum atomic E-state index is -0.807. The van der Waals surface area contributed by atoms with Gasteiger partial charge in [-0.2, -0.15) is 0 Å². The third-order valence-electron chi connectivity index (χ3n) is 13.2. The highest BCUT2D eigenvalue weighted by atomic mass is 16.6. The van der Waals surface area contributed by atoms with Crippen LogP contribution < -0.4 is 0 Å². The van der Waals surface area contributed by atoms with E-state index in [0.29, 0.717) is 19.3 Å². The smallest absolute Gasteiger partial charge is 0.306 e. The lowest BCUT2D eigenvalue weighted by Gasteiger charge is -2.18. The number of hydrogen-bond donors (Lipinski definition) is 0. The summed E-state index contributed by atoms with van der Waals surface area (Å²) < 4.78 is 16.8. The molecule has 6 heteroatoms. The summed E-state index contributed by atoms with van der Waals surface area (Å²) in [6.45, 7) is 6.48. The highest BCUT2D eigenvalue weighted by Crippen LogP contribution is 2.15. The van der Waals surface area contributed by atoms with E-state index in [-0.39, 0.29) is 37.5 Å². The summed E-state index contributed by atoms with van der Waals surface area (Å²) >= 11 is 0. The van der Waals surface area contributed by atoms with E-state index in [0.717, 1.165) is 116 Å². The Labute approximate surface area is 469 Å². The first-order valence-corrected chi connectivity index (χ1v) is 31.5. The molecule has 1 unspecified atom stereocenters. The first-order chi connectivity index (χ1) is 37.5. The van der Waals surface area contributed by atoms with Crippen LogP contribution in [0.5, 0.6) is 0 Å². The van der Waals surface area contributed by atoms with Gasteiger partial charge in [0.05, 0.1) is 0 Å². The molecule has 0 spiro atoms. The summed E-state index contributed by atoms with van der Waals surface area (Å²) in [5.74, 6) is -0.965. The minimum absolute atomic E-state index is 0.0989. The molecule has 0 aliphatic heterocycles. The highest BCUT2D eigenvalue weighted by molar-refractivity contribution is 5.71. The molecule has 0 rings (SSSR count). The molecule has 0 aromatic heterocycles. The lowest BCUT2D eigenvalue weighted by molar-refractivity contribution is -0.167. The number of allylic oxidation sites excluding steroid dienone is 20. The zero-order valence-corrected chi connectivity index (χ0v) is 49.5. The van der Waals surface area contributed by atoms with Gasteiger partial charge in [-0.3, -0.25) is 14.4 Å². The fourth-order valence-electron chi connectivity index (χ4n) is 8.50. The van der Waals surface area contributed by atoms with Gasteiger partial charge in [0.25, 0.3) is 0 Å². The van der Waals surface area contributed by atoms with Crippen molar-refractivity contribution in [2.45, 2.75) is 290 Å². The maximum atomic E-state index is 12.9. The van der Waals surface area contributed by atoms with Crippen LogP contribution in [0.25, 0.3) is 0 Å². The molecular formula is C70H116O6. The van der Waals surface area contributed by atoms with Gasteiger partial charge in [0.2, 0.25) is 0 Å². The van der Waals surface area contributed by atoms with E-state index in [1.807, 2.05) is 0 Å². The van der Waals surface area contributed by atoms with Gasteiger partial charge in [0, 0.05) is 19.3 Å². The van der Waals surface area contributed by atoms with Crippen molar-refractivity contribution >= 4 is 17.9 Å². The Bertz CT molecular complexity index is 1590. The van der Waals surface area contributed by atoms with Crippen LogP contribution in [0.15, 0.2) is 122 Å². The molecule has 0 saturated heterocycles. The monoisotopic (exact) mass is 1050 g/mol. The van der Waals surface area contributed by atoms with E-state index in [9.17, 15) is 14.4 Å². The van der Waals surface area contributed by atoms with Crippen molar-refractivity contribution in [1.82, 2.24) is 0 Å². The van der Waals surface area contributed by atoms with Crippen molar-refractivity contribution in [3.63, 3.8) is 0 Å². The Morgan fingerprint density at radius 3 is 0.868 bits per heavy atom. The van der Waals surface area contributed by atoms with Crippen molar-refractivity contribution in [2.75, 3.05) is 13.2 Å². The minimum Gasteiger partial charge on any atom is -0.462 e. The van der Waals surface area contributed by atoms with Crippen LogP contribution in [0.2, 0.25) is 0 Å². The highest BCUT2D eigenvalue weighted by Gasteiger charge is 2.19. The first kappa shape index (κ1) is 71.8. The van der Waals surface area contributed by atoms with Crippen molar-refractivity contribution in [3.05, 3.63) is 122 Å². The Kier molecular flexibility index (Phi) is 59.9. The normalized spacial score (nSPS) is 12.9. The summed E-state index contributed by atoms with van der Waals surface area (Å²) in [7, 11) is 0. The molecule has 0 aromatic carbocycles. The number of ether oxygens (including phenoxy) is 3. The van der Waals surface area contributed by atoms with Crippen molar-refractivity contribution < 1.29 is 28.6 Å². The van der Waals surface area contributed by atoms with E-state index >= 15 is 0 Å². The predicted octanol–water partition coefficient (Wildman–Crippen LogP) is 21.6. The Morgan fingerprint density at radius 2 is 0.526 bits per heavy atom. The second-order valence-corrected chi connectivity index (χ2v) is 20.6. The Balaban J connectivity index is 4.43. The van der Waals surface area contributed by atoms with E-state index in [1.54, 1.807) is 0 Å². The second-order valence-electron chi connectivity index (χ2n) is 20.6. The molecule has 0 bridgehead atoms. The standard InChI is InChI=1S/C70H116O6/c1-4-7-10-13-16-19-22-25-28-29-30-31-32-33-34-35-36-37-38-39-40-41-43-45-48-51-54-57-60-63-69(72)75-66-67(65-74-68(71)62-59-56-53-50-47-44-27-24-21-18-15-12-9-6-3)76-70(73)64-61-58-55-52-49-46-42-26-23-20-17-14-11-8-5-2/h7,10,16,19,25-26,28,30-31,33-34,36-37,39-40,42-43,45,51,54,67H,4-6,8-9,11-15,17-18,20-24,27,29,32,35,38,41,44,46-50,52-53,55-66H2,1-3H3/b10-7-,19-16-,28-25-,31-30-,34-33-,37-36-,40-39-,42-26-,45-43-,54-51-. The van der Waals surface area contributed by atoms with Crippen LogP contribution in [0.4, 0.5) is 0 Å². The maximum absolute atomic E-state index is 12.9. The molecule has 0 aromatic rings.